The van der Waals surface area contributed by atoms with Crippen molar-refractivity contribution in [3.63, 3.8) is 0 Å². The molecule has 158 valence electrons. The number of anilines is 1. The van der Waals surface area contributed by atoms with Crippen LogP contribution in [0.4, 0.5) is 5.69 Å². The molecule has 1 aromatic carbocycles. The first-order chi connectivity index (χ1) is 13.9. The average Bonchev–Trinajstić information content (AvgIpc) is 2.71. The first kappa shape index (κ1) is 21.1. The van der Waals surface area contributed by atoms with E-state index in [1.165, 1.54) is 14.2 Å². The van der Waals surface area contributed by atoms with Gasteiger partial charge in [0, 0.05) is 19.8 Å². The van der Waals surface area contributed by atoms with Crippen LogP contribution in [0.2, 0.25) is 0 Å². The van der Waals surface area contributed by atoms with Crippen molar-refractivity contribution in [1.29, 1.82) is 0 Å². The summed E-state index contributed by atoms with van der Waals surface area (Å²) in [5, 5.41) is 2.69. The van der Waals surface area contributed by atoms with Gasteiger partial charge in [-0.05, 0) is 31.0 Å². The van der Waals surface area contributed by atoms with Crippen molar-refractivity contribution in [3.05, 3.63) is 23.8 Å². The number of carbonyl (C=O) groups is 3. The molecule has 2 aliphatic rings. The highest BCUT2D eigenvalue weighted by Crippen LogP contribution is 2.32. The number of amides is 2. The van der Waals surface area contributed by atoms with Crippen LogP contribution in [0.5, 0.6) is 5.75 Å². The molecule has 29 heavy (non-hydrogen) atoms. The second kappa shape index (κ2) is 9.23. The summed E-state index contributed by atoms with van der Waals surface area (Å²) in [7, 11) is 4.52. The molecule has 2 amide bonds. The summed E-state index contributed by atoms with van der Waals surface area (Å²) in [6, 6.07) is 4.75. The van der Waals surface area contributed by atoms with E-state index >= 15 is 0 Å². The Bertz CT molecular complexity index is 782. The van der Waals surface area contributed by atoms with Crippen LogP contribution in [0.25, 0.3) is 0 Å². The highest BCUT2D eigenvalue weighted by molar-refractivity contribution is 6.00. The van der Waals surface area contributed by atoms with E-state index in [2.05, 4.69) is 5.32 Å². The number of benzene rings is 1. The van der Waals surface area contributed by atoms with Gasteiger partial charge in [0.25, 0.3) is 5.91 Å². The molecule has 3 atom stereocenters. The number of ether oxygens (including phenoxy) is 4. The largest absolute Gasteiger partial charge is 0.490 e. The first-order valence-corrected chi connectivity index (χ1v) is 9.48. The highest BCUT2D eigenvalue weighted by atomic mass is 16.6. The van der Waals surface area contributed by atoms with Gasteiger partial charge in [0.2, 0.25) is 5.91 Å². The van der Waals surface area contributed by atoms with Gasteiger partial charge in [-0.3, -0.25) is 14.4 Å². The lowest BCUT2D eigenvalue weighted by Gasteiger charge is -2.42. The number of hydrogen-bond donors (Lipinski definition) is 1. The average molecular weight is 406 g/mol. The van der Waals surface area contributed by atoms with Crippen LogP contribution >= 0.6 is 0 Å². The maximum Gasteiger partial charge on any atom is 0.308 e. The molecule has 9 heteroatoms. The molecular weight excluding hydrogens is 380 g/mol. The summed E-state index contributed by atoms with van der Waals surface area (Å²) >= 11 is 0. The summed E-state index contributed by atoms with van der Waals surface area (Å²) < 4.78 is 21.4. The minimum Gasteiger partial charge on any atom is -0.490 e. The lowest BCUT2D eigenvalue weighted by atomic mass is 9.94. The molecule has 0 aliphatic carbocycles. The fraction of sp³-hybridized carbons (Fsp3) is 0.550. The molecule has 1 N–H and O–H groups in total. The molecule has 0 saturated carbocycles. The lowest BCUT2D eigenvalue weighted by molar-refractivity contribution is -0.151. The topological polar surface area (TPSA) is 103 Å². The van der Waals surface area contributed by atoms with Crippen molar-refractivity contribution in [2.75, 3.05) is 39.8 Å². The van der Waals surface area contributed by atoms with E-state index in [1.807, 2.05) is 0 Å². The lowest BCUT2D eigenvalue weighted by Crippen LogP contribution is -2.53. The Morgan fingerprint density at radius 3 is 2.79 bits per heavy atom. The predicted molar refractivity (Wildman–Crippen MR) is 103 cm³/mol. The number of nitrogens with zero attached hydrogens (tertiary/aromatic N) is 1. The van der Waals surface area contributed by atoms with Gasteiger partial charge in [0.15, 0.2) is 0 Å². The van der Waals surface area contributed by atoms with Crippen LogP contribution in [0, 0.1) is 0 Å². The highest BCUT2D eigenvalue weighted by Gasteiger charge is 2.39. The summed E-state index contributed by atoms with van der Waals surface area (Å²) in [5.41, 5.74) is 0.865. The number of esters is 1. The van der Waals surface area contributed by atoms with Gasteiger partial charge in [-0.2, -0.15) is 0 Å². The Balaban J connectivity index is 1.77. The Morgan fingerprint density at radius 2 is 2.07 bits per heavy atom. The van der Waals surface area contributed by atoms with Crippen LogP contribution in [-0.2, 0) is 23.8 Å². The zero-order valence-electron chi connectivity index (χ0n) is 16.8. The monoisotopic (exact) mass is 406 g/mol. The molecule has 0 radical (unpaired) electrons. The second-order valence-electron chi connectivity index (χ2n) is 7.14. The van der Waals surface area contributed by atoms with E-state index in [9.17, 15) is 14.4 Å². The van der Waals surface area contributed by atoms with Crippen LogP contribution in [0.15, 0.2) is 18.2 Å². The summed E-state index contributed by atoms with van der Waals surface area (Å²) in [6.45, 7) is 0.178. The normalized spacial score (nSPS) is 23.8. The van der Waals surface area contributed by atoms with Crippen LogP contribution in [0.1, 0.15) is 29.6 Å². The fourth-order valence-corrected chi connectivity index (χ4v) is 3.70. The number of rotatable bonds is 5. The quantitative estimate of drug-likeness (QED) is 0.733. The minimum atomic E-state index is -0.346. The Kier molecular flexibility index (Phi) is 6.71. The third kappa shape index (κ3) is 4.86. The van der Waals surface area contributed by atoms with Crippen molar-refractivity contribution in [1.82, 2.24) is 4.90 Å². The summed E-state index contributed by atoms with van der Waals surface area (Å²) in [4.78, 5) is 38.1. The minimum absolute atomic E-state index is 0.0741. The summed E-state index contributed by atoms with van der Waals surface area (Å²) in [5.74, 6) is -0.424. The molecular formula is C20H26N2O7. The second-order valence-corrected chi connectivity index (χ2v) is 7.14. The SMILES string of the molecule is COCC(=O)Nc1ccc2c(c1)C(=O)N(C)[C@H]1CC[C@H](CC(=O)OC)O[C@H]1CO2. The van der Waals surface area contributed by atoms with Crippen LogP contribution in [-0.4, -0.2) is 75.4 Å². The Labute approximate surface area is 169 Å². The predicted octanol–water partition coefficient (Wildman–Crippen LogP) is 1.22. The molecule has 1 aromatic rings. The van der Waals surface area contributed by atoms with Gasteiger partial charge >= 0.3 is 5.97 Å². The zero-order chi connectivity index (χ0) is 21.0. The van der Waals surface area contributed by atoms with E-state index in [-0.39, 0.29) is 55.7 Å². The van der Waals surface area contributed by atoms with Gasteiger partial charge in [-0.1, -0.05) is 0 Å². The van der Waals surface area contributed by atoms with E-state index in [4.69, 9.17) is 18.9 Å². The number of fused-ring (bicyclic) bond motifs is 2. The standard InChI is InChI=1S/C20H26N2O7/c1-22-15-6-5-13(9-19(24)27-3)29-17(15)10-28-16-7-4-12(8-14(16)20(22)25)21-18(23)11-26-2/h4,7-8,13,15,17H,5-6,9-11H2,1-3H3,(H,21,23)/t13-,15+,17+/m1/s1. The molecule has 1 saturated heterocycles. The smallest absolute Gasteiger partial charge is 0.308 e. The van der Waals surface area contributed by atoms with Crippen molar-refractivity contribution in [2.24, 2.45) is 0 Å². The van der Waals surface area contributed by atoms with Gasteiger partial charge in [-0.25, -0.2) is 0 Å². The van der Waals surface area contributed by atoms with E-state index < -0.39 is 0 Å². The summed E-state index contributed by atoms with van der Waals surface area (Å²) in [6.07, 6.45) is 0.916. The zero-order valence-corrected chi connectivity index (χ0v) is 16.8. The number of methoxy groups -OCH3 is 2. The molecule has 0 spiro atoms. The molecule has 1 fully saturated rings. The molecule has 0 aromatic heterocycles. The number of nitrogens with one attached hydrogen (secondary N) is 1. The number of carbonyl (C=O) groups excluding carboxylic acids is 3. The van der Waals surface area contributed by atoms with Crippen molar-refractivity contribution in [2.45, 2.75) is 37.5 Å². The van der Waals surface area contributed by atoms with E-state index in [1.54, 1.807) is 30.1 Å². The third-order valence-corrected chi connectivity index (χ3v) is 5.19. The van der Waals surface area contributed by atoms with Gasteiger partial charge in [0.1, 0.15) is 25.1 Å². The maximum atomic E-state index is 13.1. The van der Waals surface area contributed by atoms with Crippen LogP contribution in [0.3, 0.4) is 0 Å². The maximum absolute atomic E-state index is 13.1. The molecule has 0 unspecified atom stereocenters. The van der Waals surface area contributed by atoms with Gasteiger partial charge in [0.05, 0.1) is 31.2 Å². The van der Waals surface area contributed by atoms with Crippen molar-refractivity contribution < 1.29 is 33.3 Å². The Hall–Kier alpha value is -2.65. The van der Waals surface area contributed by atoms with Gasteiger partial charge in [-0.15, -0.1) is 0 Å². The van der Waals surface area contributed by atoms with E-state index in [0.29, 0.717) is 29.8 Å². The van der Waals surface area contributed by atoms with Gasteiger partial charge < -0.3 is 29.2 Å². The Morgan fingerprint density at radius 1 is 1.28 bits per heavy atom. The molecule has 2 heterocycles. The molecule has 0 bridgehead atoms. The van der Waals surface area contributed by atoms with Crippen molar-refractivity contribution >= 4 is 23.5 Å². The third-order valence-electron chi connectivity index (χ3n) is 5.19. The van der Waals surface area contributed by atoms with Crippen LogP contribution < -0.4 is 10.1 Å². The molecule has 3 rings (SSSR count). The van der Waals surface area contributed by atoms with Crippen molar-refractivity contribution in [3.8, 4) is 5.75 Å². The number of hydrogen-bond acceptors (Lipinski definition) is 7. The first-order valence-electron chi connectivity index (χ1n) is 9.48. The number of likely N-dealkylation sites (N-methyl/N-ethyl adjacent to an activating group) is 1. The molecule has 2 aliphatic heterocycles. The fourth-order valence-electron chi connectivity index (χ4n) is 3.70. The molecule has 9 nitrogen and oxygen atoms in total. The van der Waals surface area contributed by atoms with E-state index in [0.717, 1.165) is 0 Å².